The molecule has 0 heterocycles. The predicted molar refractivity (Wildman–Crippen MR) is 95.5 cm³/mol. The second-order valence-electron chi connectivity index (χ2n) is 6.53. The summed E-state index contributed by atoms with van der Waals surface area (Å²) in [5.74, 6) is -0.591. The number of ether oxygens (including phenoxy) is 1. The Kier molecular flexibility index (Phi) is 6.17. The smallest absolute Gasteiger partial charge is 0.341 e. The Morgan fingerprint density at radius 2 is 1.80 bits per heavy atom. The molecular weight excluding hydrogens is 318 g/mol. The summed E-state index contributed by atoms with van der Waals surface area (Å²) < 4.78 is 5.14. The van der Waals surface area contributed by atoms with Crippen molar-refractivity contribution < 1.29 is 19.4 Å². The molecule has 0 aliphatic heterocycles. The van der Waals surface area contributed by atoms with Crippen LogP contribution in [0, 0.1) is 0 Å². The van der Waals surface area contributed by atoms with Gasteiger partial charge in [0.2, 0.25) is 5.91 Å². The van der Waals surface area contributed by atoms with Crippen LogP contribution in [0.3, 0.4) is 0 Å². The summed E-state index contributed by atoms with van der Waals surface area (Å²) in [7, 11) is 0. The van der Waals surface area contributed by atoms with Crippen molar-refractivity contribution in [2.75, 3.05) is 6.61 Å². The first kappa shape index (κ1) is 18.5. The van der Waals surface area contributed by atoms with Crippen molar-refractivity contribution in [3.8, 4) is 5.75 Å². The maximum absolute atomic E-state index is 12.3. The van der Waals surface area contributed by atoms with E-state index in [2.05, 4.69) is 5.32 Å². The van der Waals surface area contributed by atoms with Crippen LogP contribution in [0.5, 0.6) is 5.75 Å². The van der Waals surface area contributed by atoms with Gasteiger partial charge in [-0.15, -0.1) is 0 Å². The third kappa shape index (κ3) is 5.95. The first-order valence-electron chi connectivity index (χ1n) is 8.12. The van der Waals surface area contributed by atoms with Gasteiger partial charge in [0.25, 0.3) is 0 Å². The summed E-state index contributed by atoms with van der Waals surface area (Å²) in [4.78, 5) is 22.8. The number of amides is 1. The summed E-state index contributed by atoms with van der Waals surface area (Å²) in [6.07, 6.45) is 0.381. The fraction of sp³-hybridized carbons (Fsp3) is 0.300. The zero-order chi connectivity index (χ0) is 18.3. The Labute approximate surface area is 147 Å². The van der Waals surface area contributed by atoms with Crippen molar-refractivity contribution in [1.82, 2.24) is 5.32 Å². The summed E-state index contributed by atoms with van der Waals surface area (Å²) in [5, 5.41) is 11.5. The van der Waals surface area contributed by atoms with Crippen molar-refractivity contribution in [1.29, 1.82) is 0 Å². The molecule has 0 radical (unpaired) electrons. The van der Waals surface area contributed by atoms with Crippen LogP contribution in [0.15, 0.2) is 54.6 Å². The molecular formula is C20H23NO4. The normalized spacial score (nSPS) is 11.0. The Bertz CT molecular complexity index is 725. The topological polar surface area (TPSA) is 75.6 Å². The van der Waals surface area contributed by atoms with E-state index < -0.39 is 5.97 Å². The van der Waals surface area contributed by atoms with Crippen LogP contribution in [-0.4, -0.2) is 23.6 Å². The Balaban J connectivity index is 1.89. The molecule has 2 aromatic carbocycles. The number of hydrogen-bond donors (Lipinski definition) is 2. The van der Waals surface area contributed by atoms with Crippen molar-refractivity contribution >= 4 is 11.9 Å². The third-order valence-electron chi connectivity index (χ3n) is 3.91. The van der Waals surface area contributed by atoms with Gasteiger partial charge < -0.3 is 15.2 Å². The van der Waals surface area contributed by atoms with Crippen LogP contribution in [0.2, 0.25) is 0 Å². The third-order valence-corrected chi connectivity index (χ3v) is 3.91. The van der Waals surface area contributed by atoms with E-state index in [1.807, 2.05) is 50.2 Å². The summed E-state index contributed by atoms with van der Waals surface area (Å²) >= 11 is 0. The maximum atomic E-state index is 12.3. The molecule has 2 aromatic rings. The van der Waals surface area contributed by atoms with Gasteiger partial charge in [0.05, 0.1) is 0 Å². The first-order chi connectivity index (χ1) is 11.9. The van der Waals surface area contributed by atoms with Gasteiger partial charge in [-0.25, -0.2) is 4.79 Å². The van der Waals surface area contributed by atoms with Gasteiger partial charge in [0, 0.05) is 13.0 Å². The number of carboxylic acid groups (broad SMARTS) is 1. The lowest BCUT2D eigenvalue weighted by Gasteiger charge is -2.24. The quantitative estimate of drug-likeness (QED) is 0.773. The monoisotopic (exact) mass is 341 g/mol. The van der Waals surface area contributed by atoms with Gasteiger partial charge in [-0.05, 0) is 28.7 Å². The minimum absolute atomic E-state index is 0.0364. The van der Waals surface area contributed by atoms with Gasteiger partial charge in [-0.1, -0.05) is 56.3 Å². The molecule has 2 N–H and O–H groups in total. The number of carbonyl (C=O) groups excluding carboxylic acids is 1. The zero-order valence-corrected chi connectivity index (χ0v) is 14.5. The lowest BCUT2D eigenvalue weighted by atomic mass is 9.81. The zero-order valence-electron chi connectivity index (χ0n) is 14.5. The van der Waals surface area contributed by atoms with Crippen LogP contribution in [0.1, 0.15) is 31.4 Å². The molecule has 0 aliphatic rings. The largest absolute Gasteiger partial charge is 0.482 e. The van der Waals surface area contributed by atoms with E-state index in [1.165, 1.54) is 0 Å². The van der Waals surface area contributed by atoms with Crippen molar-refractivity contribution in [2.24, 2.45) is 0 Å². The van der Waals surface area contributed by atoms with E-state index in [1.54, 1.807) is 18.2 Å². The van der Waals surface area contributed by atoms with Crippen LogP contribution in [0.25, 0.3) is 0 Å². The van der Waals surface area contributed by atoms with Gasteiger partial charge in [-0.3, -0.25) is 4.79 Å². The molecule has 0 spiro atoms. The number of nitrogens with one attached hydrogen (secondary N) is 1. The van der Waals surface area contributed by atoms with Crippen LogP contribution in [-0.2, 0) is 21.5 Å². The minimum atomic E-state index is -1.03. The first-order valence-corrected chi connectivity index (χ1v) is 8.12. The van der Waals surface area contributed by atoms with Crippen molar-refractivity contribution in [2.45, 2.75) is 32.2 Å². The highest BCUT2D eigenvalue weighted by atomic mass is 16.5. The van der Waals surface area contributed by atoms with E-state index in [9.17, 15) is 9.59 Å². The molecule has 0 aliphatic carbocycles. The van der Waals surface area contributed by atoms with E-state index in [-0.39, 0.29) is 17.9 Å². The highest BCUT2D eigenvalue weighted by molar-refractivity contribution is 5.77. The number of aliphatic carboxylic acids is 1. The molecule has 25 heavy (non-hydrogen) atoms. The lowest BCUT2D eigenvalue weighted by Crippen LogP contribution is -2.30. The molecule has 0 atom stereocenters. The standard InChI is InChI=1S/C20H23NO4/c1-20(2,16-8-4-3-5-9-16)12-18(22)21-13-15-7-6-10-17(11-15)25-14-19(23)24/h3-11H,12-14H2,1-2H3,(H,21,22)(H,23,24). The molecule has 5 heteroatoms. The minimum Gasteiger partial charge on any atom is -0.482 e. The summed E-state index contributed by atoms with van der Waals surface area (Å²) in [6.45, 7) is 4.07. The number of hydrogen-bond acceptors (Lipinski definition) is 3. The van der Waals surface area contributed by atoms with E-state index in [0.29, 0.717) is 18.7 Å². The number of rotatable bonds is 8. The molecule has 0 unspecified atom stereocenters. The molecule has 0 fully saturated rings. The Morgan fingerprint density at radius 1 is 1.08 bits per heavy atom. The van der Waals surface area contributed by atoms with E-state index in [4.69, 9.17) is 9.84 Å². The number of benzene rings is 2. The number of carbonyl (C=O) groups is 2. The predicted octanol–water partition coefficient (Wildman–Crippen LogP) is 3.13. The highest BCUT2D eigenvalue weighted by Gasteiger charge is 2.23. The fourth-order valence-electron chi connectivity index (χ4n) is 2.55. The van der Waals surface area contributed by atoms with Gasteiger partial charge in [0.15, 0.2) is 6.61 Å². The van der Waals surface area contributed by atoms with Crippen molar-refractivity contribution in [3.63, 3.8) is 0 Å². The molecule has 0 saturated carbocycles. The highest BCUT2D eigenvalue weighted by Crippen LogP contribution is 2.26. The van der Waals surface area contributed by atoms with Crippen LogP contribution in [0.4, 0.5) is 0 Å². The second kappa shape index (κ2) is 8.33. The molecule has 0 aromatic heterocycles. The second-order valence-corrected chi connectivity index (χ2v) is 6.53. The molecule has 2 rings (SSSR count). The summed E-state index contributed by atoms with van der Waals surface area (Å²) in [6, 6.07) is 17.0. The van der Waals surface area contributed by atoms with E-state index >= 15 is 0 Å². The lowest BCUT2D eigenvalue weighted by molar-refractivity contribution is -0.139. The van der Waals surface area contributed by atoms with Gasteiger partial charge in [-0.2, -0.15) is 0 Å². The molecule has 0 saturated heterocycles. The van der Waals surface area contributed by atoms with E-state index in [0.717, 1.165) is 11.1 Å². The van der Waals surface area contributed by atoms with Crippen LogP contribution < -0.4 is 10.1 Å². The molecule has 1 amide bonds. The molecule has 5 nitrogen and oxygen atoms in total. The molecule has 0 bridgehead atoms. The SMILES string of the molecule is CC(C)(CC(=O)NCc1cccc(OCC(=O)O)c1)c1ccccc1. The van der Waals surface area contributed by atoms with Gasteiger partial charge in [0.1, 0.15) is 5.75 Å². The average molecular weight is 341 g/mol. The van der Waals surface area contributed by atoms with Crippen molar-refractivity contribution in [3.05, 3.63) is 65.7 Å². The Morgan fingerprint density at radius 3 is 2.48 bits per heavy atom. The van der Waals surface area contributed by atoms with Crippen LogP contribution >= 0.6 is 0 Å². The summed E-state index contributed by atoms with van der Waals surface area (Å²) in [5.41, 5.74) is 1.72. The van der Waals surface area contributed by atoms with Gasteiger partial charge >= 0.3 is 5.97 Å². The maximum Gasteiger partial charge on any atom is 0.341 e. The fourth-order valence-corrected chi connectivity index (χ4v) is 2.55. The average Bonchev–Trinajstić information content (AvgIpc) is 2.59. The Hall–Kier alpha value is -2.82. The molecule has 132 valence electrons. The number of carboxylic acids is 1.